The predicted molar refractivity (Wildman–Crippen MR) is 54.7 cm³/mol. The average Bonchev–Trinajstić information content (AvgIpc) is 2.60. The summed E-state index contributed by atoms with van der Waals surface area (Å²) in [6, 6.07) is 0. The zero-order valence-electron chi connectivity index (χ0n) is 8.95. The summed E-state index contributed by atoms with van der Waals surface area (Å²) >= 11 is 0. The van der Waals surface area contributed by atoms with Gasteiger partial charge in [-0.1, -0.05) is 11.6 Å². The molecule has 0 saturated heterocycles. The van der Waals surface area contributed by atoms with E-state index < -0.39 is 0 Å². The number of esters is 1. The van der Waals surface area contributed by atoms with Crippen LogP contribution in [0.3, 0.4) is 0 Å². The van der Waals surface area contributed by atoms with E-state index in [1.807, 2.05) is 0 Å². The number of rotatable bonds is 2. The van der Waals surface area contributed by atoms with Crippen LogP contribution in [0.25, 0.3) is 0 Å². The van der Waals surface area contributed by atoms with Gasteiger partial charge in [-0.05, 0) is 43.9 Å². The van der Waals surface area contributed by atoms with Gasteiger partial charge in [0.15, 0.2) is 0 Å². The van der Waals surface area contributed by atoms with Crippen molar-refractivity contribution in [2.75, 3.05) is 7.11 Å². The SMILES string of the molecule is COC(=O)CC1C[C@H]2CC(C)=C[C@H]2C1. The molecule has 0 radical (unpaired) electrons. The molecule has 2 nitrogen and oxygen atoms in total. The first-order valence-electron chi connectivity index (χ1n) is 5.43. The molecule has 1 unspecified atom stereocenters. The van der Waals surface area contributed by atoms with Crippen molar-refractivity contribution in [3.8, 4) is 0 Å². The third-order valence-corrected chi connectivity index (χ3v) is 3.61. The van der Waals surface area contributed by atoms with Crippen molar-refractivity contribution >= 4 is 5.97 Å². The molecule has 0 N–H and O–H groups in total. The van der Waals surface area contributed by atoms with E-state index >= 15 is 0 Å². The number of allylic oxidation sites excluding steroid dienone is 2. The van der Waals surface area contributed by atoms with Crippen LogP contribution in [0.4, 0.5) is 0 Å². The Hall–Kier alpha value is -0.790. The smallest absolute Gasteiger partial charge is 0.305 e. The summed E-state index contributed by atoms with van der Waals surface area (Å²) in [7, 11) is 1.47. The lowest BCUT2D eigenvalue weighted by atomic mass is 9.99. The highest BCUT2D eigenvalue weighted by Gasteiger charge is 2.36. The lowest BCUT2D eigenvalue weighted by Crippen LogP contribution is -2.07. The third-order valence-electron chi connectivity index (χ3n) is 3.61. The van der Waals surface area contributed by atoms with Crippen molar-refractivity contribution in [1.29, 1.82) is 0 Å². The lowest BCUT2D eigenvalue weighted by Gasteiger charge is -2.08. The number of ether oxygens (including phenoxy) is 1. The van der Waals surface area contributed by atoms with Gasteiger partial charge in [-0.3, -0.25) is 4.79 Å². The highest BCUT2D eigenvalue weighted by Crippen LogP contribution is 2.46. The topological polar surface area (TPSA) is 26.3 Å². The Morgan fingerprint density at radius 3 is 3.00 bits per heavy atom. The van der Waals surface area contributed by atoms with Crippen molar-refractivity contribution in [2.24, 2.45) is 17.8 Å². The molecule has 2 aliphatic carbocycles. The van der Waals surface area contributed by atoms with Crippen molar-refractivity contribution in [2.45, 2.75) is 32.6 Å². The minimum absolute atomic E-state index is 0.0457. The minimum Gasteiger partial charge on any atom is -0.469 e. The second-order valence-electron chi connectivity index (χ2n) is 4.76. The zero-order chi connectivity index (χ0) is 10.1. The van der Waals surface area contributed by atoms with Crippen LogP contribution in [0.15, 0.2) is 11.6 Å². The summed E-state index contributed by atoms with van der Waals surface area (Å²) in [4.78, 5) is 11.1. The van der Waals surface area contributed by atoms with Crippen molar-refractivity contribution in [1.82, 2.24) is 0 Å². The molecule has 1 fully saturated rings. The van der Waals surface area contributed by atoms with E-state index in [1.54, 1.807) is 0 Å². The quantitative estimate of drug-likeness (QED) is 0.499. The number of methoxy groups -OCH3 is 1. The van der Waals surface area contributed by atoms with E-state index in [4.69, 9.17) is 4.74 Å². The van der Waals surface area contributed by atoms with Gasteiger partial charge in [0, 0.05) is 6.42 Å². The standard InChI is InChI=1S/C12H18O2/c1-8-3-10-5-9(6-11(10)4-8)7-12(13)14-2/h3,9-11H,4-7H2,1-2H3/t9?,10-,11+/m0/s1. The molecule has 0 aromatic heterocycles. The van der Waals surface area contributed by atoms with Gasteiger partial charge in [-0.15, -0.1) is 0 Å². The Bertz CT molecular complexity index is 267. The number of carbonyl (C=O) groups is 1. The normalized spacial score (nSPS) is 35.3. The van der Waals surface area contributed by atoms with E-state index in [0.717, 1.165) is 11.8 Å². The van der Waals surface area contributed by atoms with Crippen LogP contribution in [-0.4, -0.2) is 13.1 Å². The van der Waals surface area contributed by atoms with Gasteiger partial charge in [0.2, 0.25) is 0 Å². The first kappa shape index (κ1) is 9.75. The highest BCUT2D eigenvalue weighted by molar-refractivity contribution is 5.69. The molecule has 3 atom stereocenters. The van der Waals surface area contributed by atoms with Gasteiger partial charge in [-0.25, -0.2) is 0 Å². The fraction of sp³-hybridized carbons (Fsp3) is 0.750. The van der Waals surface area contributed by atoms with Crippen LogP contribution in [-0.2, 0) is 9.53 Å². The second-order valence-corrected chi connectivity index (χ2v) is 4.76. The summed E-state index contributed by atoms with van der Waals surface area (Å²) in [6.45, 7) is 2.22. The fourth-order valence-corrected chi connectivity index (χ4v) is 3.05. The van der Waals surface area contributed by atoms with E-state index in [1.165, 1.54) is 31.9 Å². The number of hydrogen-bond donors (Lipinski definition) is 0. The van der Waals surface area contributed by atoms with E-state index in [-0.39, 0.29) is 5.97 Å². The molecule has 78 valence electrons. The fourth-order valence-electron chi connectivity index (χ4n) is 3.05. The Morgan fingerprint density at radius 1 is 1.57 bits per heavy atom. The second kappa shape index (κ2) is 3.76. The third kappa shape index (κ3) is 1.84. The molecule has 0 aromatic rings. The maximum atomic E-state index is 11.1. The van der Waals surface area contributed by atoms with Crippen LogP contribution < -0.4 is 0 Å². The molecular weight excluding hydrogens is 176 g/mol. The molecule has 1 saturated carbocycles. The lowest BCUT2D eigenvalue weighted by molar-refractivity contribution is -0.141. The van der Waals surface area contributed by atoms with E-state index in [9.17, 15) is 4.79 Å². The first-order chi connectivity index (χ1) is 6.69. The average molecular weight is 194 g/mol. The summed E-state index contributed by atoms with van der Waals surface area (Å²) in [5.74, 6) is 2.10. The Balaban J connectivity index is 1.87. The maximum Gasteiger partial charge on any atom is 0.305 e. The van der Waals surface area contributed by atoms with Crippen LogP contribution in [0.2, 0.25) is 0 Å². The Labute approximate surface area is 85.3 Å². The summed E-state index contributed by atoms with van der Waals surface area (Å²) < 4.78 is 4.70. The van der Waals surface area contributed by atoms with Gasteiger partial charge in [0.05, 0.1) is 7.11 Å². The maximum absolute atomic E-state index is 11.1. The summed E-state index contributed by atoms with van der Waals surface area (Å²) in [5, 5.41) is 0. The minimum atomic E-state index is -0.0457. The molecule has 2 aliphatic rings. The van der Waals surface area contributed by atoms with Gasteiger partial charge >= 0.3 is 5.97 Å². The molecule has 0 aliphatic heterocycles. The van der Waals surface area contributed by atoms with Crippen LogP contribution in [0.5, 0.6) is 0 Å². The zero-order valence-corrected chi connectivity index (χ0v) is 8.95. The van der Waals surface area contributed by atoms with Crippen LogP contribution >= 0.6 is 0 Å². The van der Waals surface area contributed by atoms with Gasteiger partial charge in [0.25, 0.3) is 0 Å². The van der Waals surface area contributed by atoms with Crippen LogP contribution in [0, 0.1) is 17.8 Å². The van der Waals surface area contributed by atoms with Crippen LogP contribution in [0.1, 0.15) is 32.6 Å². The molecule has 14 heavy (non-hydrogen) atoms. The molecule has 0 spiro atoms. The monoisotopic (exact) mass is 194 g/mol. The van der Waals surface area contributed by atoms with Crippen molar-refractivity contribution in [3.05, 3.63) is 11.6 Å². The predicted octanol–water partition coefficient (Wildman–Crippen LogP) is 2.54. The van der Waals surface area contributed by atoms with E-state index in [0.29, 0.717) is 12.3 Å². The van der Waals surface area contributed by atoms with E-state index in [2.05, 4.69) is 13.0 Å². The molecule has 2 heteroatoms. The Kier molecular flexibility index (Phi) is 2.62. The highest BCUT2D eigenvalue weighted by atomic mass is 16.5. The molecule has 0 bridgehead atoms. The van der Waals surface area contributed by atoms with Gasteiger partial charge in [0.1, 0.15) is 0 Å². The molecular formula is C12H18O2. The summed E-state index contributed by atoms with van der Waals surface area (Å²) in [6.07, 6.45) is 6.69. The van der Waals surface area contributed by atoms with Gasteiger partial charge < -0.3 is 4.74 Å². The number of fused-ring (bicyclic) bond motifs is 1. The number of carbonyl (C=O) groups excluding carboxylic acids is 1. The first-order valence-corrected chi connectivity index (χ1v) is 5.43. The molecule has 0 amide bonds. The largest absolute Gasteiger partial charge is 0.469 e. The summed E-state index contributed by atoms with van der Waals surface area (Å²) in [5.41, 5.74) is 1.54. The van der Waals surface area contributed by atoms with Crippen molar-refractivity contribution < 1.29 is 9.53 Å². The molecule has 2 rings (SSSR count). The van der Waals surface area contributed by atoms with Crippen molar-refractivity contribution in [3.63, 3.8) is 0 Å². The Morgan fingerprint density at radius 2 is 2.36 bits per heavy atom. The van der Waals surface area contributed by atoms with Gasteiger partial charge in [-0.2, -0.15) is 0 Å². The molecule has 0 aromatic carbocycles. The molecule has 0 heterocycles. The number of hydrogen-bond acceptors (Lipinski definition) is 2.